The van der Waals surface area contributed by atoms with E-state index in [9.17, 15) is 9.59 Å². The number of nitrogens with zero attached hydrogens (tertiary/aromatic N) is 6. The minimum atomic E-state index is -0.751. The Balaban J connectivity index is 1.46. The Morgan fingerprint density at radius 1 is 1.13 bits per heavy atom. The number of hydrogen-bond acceptors (Lipinski definition) is 6. The van der Waals surface area contributed by atoms with Gasteiger partial charge in [-0.25, -0.2) is 4.79 Å². The van der Waals surface area contributed by atoms with E-state index in [1.165, 1.54) is 4.90 Å². The molecule has 1 aromatic heterocycles. The van der Waals surface area contributed by atoms with Crippen molar-refractivity contribution < 1.29 is 9.59 Å². The third-order valence-electron chi connectivity index (χ3n) is 5.21. The molecule has 1 unspecified atom stereocenters. The highest BCUT2D eigenvalue weighted by Gasteiger charge is 2.40. The van der Waals surface area contributed by atoms with E-state index in [0.29, 0.717) is 23.6 Å². The number of hydrogen-bond donors (Lipinski definition) is 1. The van der Waals surface area contributed by atoms with E-state index in [-0.39, 0.29) is 5.91 Å². The number of benzene rings is 2. The van der Waals surface area contributed by atoms with Crippen LogP contribution in [0.3, 0.4) is 0 Å². The van der Waals surface area contributed by atoms with Crippen LogP contribution in [-0.2, 0) is 17.8 Å². The summed E-state index contributed by atoms with van der Waals surface area (Å²) in [6.45, 7) is 2.75. The van der Waals surface area contributed by atoms with Crippen molar-refractivity contribution >= 4 is 29.5 Å². The number of aromatic nitrogens is 4. The van der Waals surface area contributed by atoms with Gasteiger partial charge in [0.2, 0.25) is 5.82 Å². The molecule has 9 nitrogen and oxygen atoms in total. The lowest BCUT2D eigenvalue weighted by atomic mass is 10.0. The maximum absolute atomic E-state index is 12.6. The van der Waals surface area contributed by atoms with Crippen molar-refractivity contribution in [2.24, 2.45) is 4.99 Å². The molecule has 1 saturated heterocycles. The van der Waals surface area contributed by atoms with Gasteiger partial charge in [0.25, 0.3) is 5.91 Å². The number of fused-ring (bicyclic) bond motifs is 1. The number of anilines is 1. The molecule has 0 saturated carbocycles. The summed E-state index contributed by atoms with van der Waals surface area (Å²) in [5.74, 6) is 0.166. The standard InChI is InChI=1S/C21H19N7O2/c1-2-11-27-25-19(24-26-27)15-5-3-14(4-6-15)18-20(29)23-21(30)28(18)16-8-7-13-9-10-22-17(13)12-16/h3-8,10,12,18H,2,9,11H2,1H3,(H,23,29,30). The Hall–Kier alpha value is -3.88. The van der Waals surface area contributed by atoms with Crippen molar-refractivity contribution in [3.63, 3.8) is 0 Å². The number of imide groups is 1. The van der Waals surface area contributed by atoms with Crippen LogP contribution in [0.1, 0.15) is 30.5 Å². The summed E-state index contributed by atoms with van der Waals surface area (Å²) in [4.78, 5) is 32.5. The van der Waals surface area contributed by atoms with E-state index in [2.05, 4.69) is 25.7 Å². The van der Waals surface area contributed by atoms with Crippen LogP contribution >= 0.6 is 0 Å². The maximum atomic E-state index is 12.6. The van der Waals surface area contributed by atoms with Crippen LogP contribution < -0.4 is 10.2 Å². The first-order valence-electron chi connectivity index (χ1n) is 9.81. The van der Waals surface area contributed by atoms with Gasteiger partial charge in [-0.15, -0.1) is 10.2 Å². The lowest BCUT2D eigenvalue weighted by Crippen LogP contribution is -2.29. The van der Waals surface area contributed by atoms with E-state index < -0.39 is 12.1 Å². The second kappa shape index (κ2) is 7.18. The first-order chi connectivity index (χ1) is 14.6. The summed E-state index contributed by atoms with van der Waals surface area (Å²) >= 11 is 0. The Labute approximate surface area is 172 Å². The van der Waals surface area contributed by atoms with Crippen molar-refractivity contribution in [1.82, 2.24) is 25.5 Å². The quantitative estimate of drug-likeness (QED) is 0.662. The van der Waals surface area contributed by atoms with Crippen molar-refractivity contribution in [1.29, 1.82) is 0 Å². The highest BCUT2D eigenvalue weighted by atomic mass is 16.2. The van der Waals surface area contributed by atoms with Gasteiger partial charge in [-0.1, -0.05) is 37.3 Å². The molecule has 0 radical (unpaired) electrons. The largest absolute Gasteiger partial charge is 0.329 e. The fourth-order valence-electron chi connectivity index (χ4n) is 3.74. The second-order valence-electron chi connectivity index (χ2n) is 7.23. The molecule has 30 heavy (non-hydrogen) atoms. The number of rotatable bonds is 5. The number of aliphatic imine (C=N–C) groups is 1. The molecular formula is C21H19N7O2. The molecule has 1 atom stereocenters. The highest BCUT2D eigenvalue weighted by molar-refractivity contribution is 6.14. The number of tetrazole rings is 1. The number of carbonyl (C=O) groups is 2. The van der Waals surface area contributed by atoms with Gasteiger partial charge >= 0.3 is 6.03 Å². The number of urea groups is 1. The van der Waals surface area contributed by atoms with Gasteiger partial charge in [-0.05, 0) is 34.9 Å². The molecule has 3 amide bonds. The highest BCUT2D eigenvalue weighted by Crippen LogP contribution is 2.36. The molecule has 3 aromatic rings. The molecule has 3 heterocycles. The molecule has 0 aliphatic carbocycles. The monoisotopic (exact) mass is 401 g/mol. The molecule has 1 fully saturated rings. The van der Waals surface area contributed by atoms with Crippen LogP contribution in [-0.4, -0.2) is 38.4 Å². The third kappa shape index (κ3) is 3.04. The first-order valence-corrected chi connectivity index (χ1v) is 9.81. The Morgan fingerprint density at radius 2 is 1.97 bits per heavy atom. The molecule has 150 valence electrons. The zero-order chi connectivity index (χ0) is 20.7. The number of aryl methyl sites for hydroxylation is 1. The van der Waals surface area contributed by atoms with Gasteiger partial charge in [0, 0.05) is 23.9 Å². The number of nitrogens with one attached hydrogen (secondary N) is 1. The lowest BCUT2D eigenvalue weighted by molar-refractivity contribution is -0.119. The van der Waals surface area contributed by atoms with Crippen molar-refractivity contribution in [3.8, 4) is 11.4 Å². The van der Waals surface area contributed by atoms with Crippen LogP contribution in [0.2, 0.25) is 0 Å². The predicted molar refractivity (Wildman–Crippen MR) is 111 cm³/mol. The molecule has 5 rings (SSSR count). The first kappa shape index (κ1) is 18.2. The van der Waals surface area contributed by atoms with E-state index in [1.807, 2.05) is 55.6 Å². The Bertz CT molecular complexity index is 1170. The minimum absolute atomic E-state index is 0.358. The summed E-state index contributed by atoms with van der Waals surface area (Å²) in [5, 5.41) is 14.9. The molecule has 1 N–H and O–H groups in total. The van der Waals surface area contributed by atoms with Gasteiger partial charge in [-0.3, -0.25) is 20.0 Å². The van der Waals surface area contributed by atoms with E-state index in [4.69, 9.17) is 0 Å². The van der Waals surface area contributed by atoms with E-state index in [0.717, 1.165) is 29.7 Å². The molecule has 2 aliphatic rings. The van der Waals surface area contributed by atoms with Crippen molar-refractivity contribution in [2.45, 2.75) is 32.4 Å². The predicted octanol–water partition coefficient (Wildman–Crippen LogP) is 2.81. The van der Waals surface area contributed by atoms with Crippen LogP contribution in [0, 0.1) is 0 Å². The van der Waals surface area contributed by atoms with Gasteiger partial charge < -0.3 is 0 Å². The molecular weight excluding hydrogens is 382 g/mol. The third-order valence-corrected chi connectivity index (χ3v) is 5.21. The summed E-state index contributed by atoms with van der Waals surface area (Å²) in [6, 6.07) is 11.7. The van der Waals surface area contributed by atoms with E-state index in [1.54, 1.807) is 4.80 Å². The SMILES string of the molecule is CCCn1nnc(-c2ccc(C3C(=O)NC(=O)N3c3ccc4c(c3)N=CC4)cc2)n1. The Morgan fingerprint density at radius 3 is 2.77 bits per heavy atom. The minimum Gasteiger partial charge on any atom is -0.277 e. The number of carbonyl (C=O) groups excluding carboxylic acids is 2. The van der Waals surface area contributed by atoms with Crippen LogP contribution in [0.5, 0.6) is 0 Å². The maximum Gasteiger partial charge on any atom is 0.329 e. The average Bonchev–Trinajstić information content (AvgIpc) is 3.46. The topological polar surface area (TPSA) is 105 Å². The summed E-state index contributed by atoms with van der Waals surface area (Å²) in [6.07, 6.45) is 3.54. The molecule has 9 heteroatoms. The van der Waals surface area contributed by atoms with Gasteiger partial charge in [0.05, 0.1) is 12.2 Å². The lowest BCUT2D eigenvalue weighted by Gasteiger charge is -2.22. The normalized spacial score (nSPS) is 17.5. The zero-order valence-corrected chi connectivity index (χ0v) is 16.3. The van der Waals surface area contributed by atoms with Crippen LogP contribution in [0.15, 0.2) is 47.5 Å². The zero-order valence-electron chi connectivity index (χ0n) is 16.3. The van der Waals surface area contributed by atoms with Crippen molar-refractivity contribution in [3.05, 3.63) is 53.6 Å². The molecule has 0 bridgehead atoms. The Kier molecular flexibility index (Phi) is 4.35. The molecule has 2 aliphatic heterocycles. The fraction of sp³-hybridized carbons (Fsp3) is 0.238. The second-order valence-corrected chi connectivity index (χ2v) is 7.23. The smallest absolute Gasteiger partial charge is 0.277 e. The van der Waals surface area contributed by atoms with Crippen LogP contribution in [0.4, 0.5) is 16.2 Å². The van der Waals surface area contributed by atoms with Gasteiger partial charge in [0.1, 0.15) is 6.04 Å². The molecule has 2 aromatic carbocycles. The summed E-state index contributed by atoms with van der Waals surface area (Å²) in [7, 11) is 0. The summed E-state index contributed by atoms with van der Waals surface area (Å²) < 4.78 is 0. The van der Waals surface area contributed by atoms with Gasteiger partial charge in [0.15, 0.2) is 0 Å². The van der Waals surface area contributed by atoms with Crippen LogP contribution in [0.25, 0.3) is 11.4 Å². The summed E-state index contributed by atoms with van der Waals surface area (Å²) in [5.41, 5.74) is 4.06. The van der Waals surface area contributed by atoms with E-state index >= 15 is 0 Å². The van der Waals surface area contributed by atoms with Gasteiger partial charge in [-0.2, -0.15) is 4.80 Å². The fourth-order valence-corrected chi connectivity index (χ4v) is 3.74. The molecule has 0 spiro atoms. The van der Waals surface area contributed by atoms with Crippen molar-refractivity contribution in [2.75, 3.05) is 4.90 Å². The number of amides is 3. The average molecular weight is 401 g/mol.